The molecule has 0 radical (unpaired) electrons. The summed E-state index contributed by atoms with van der Waals surface area (Å²) in [4.78, 5) is 13.8. The summed E-state index contributed by atoms with van der Waals surface area (Å²) in [5, 5.41) is 10.0. The predicted molar refractivity (Wildman–Crippen MR) is 79.7 cm³/mol. The third-order valence-corrected chi connectivity index (χ3v) is 3.70. The molecule has 5 heteroatoms. The Labute approximate surface area is 125 Å². The third kappa shape index (κ3) is 4.11. The van der Waals surface area contributed by atoms with Crippen molar-refractivity contribution in [3.63, 3.8) is 0 Å². The van der Waals surface area contributed by atoms with Crippen molar-refractivity contribution in [2.24, 2.45) is 0 Å². The standard InChI is InChI=1S/C16H23NO4/c1-12-5-6-13(14(9-12)20-3)21-10-15(18)17-8-4-7-16(2,19)11-17/h5-6,9,19H,4,7-8,10-11H2,1-3H3. The van der Waals surface area contributed by atoms with E-state index in [0.29, 0.717) is 24.6 Å². The molecule has 1 saturated heterocycles. The number of hydrogen-bond acceptors (Lipinski definition) is 4. The Morgan fingerprint density at radius 2 is 2.19 bits per heavy atom. The van der Waals surface area contributed by atoms with Gasteiger partial charge in [0.05, 0.1) is 12.7 Å². The second-order valence-corrected chi connectivity index (χ2v) is 5.86. The zero-order valence-electron chi connectivity index (χ0n) is 12.9. The summed E-state index contributed by atoms with van der Waals surface area (Å²) in [7, 11) is 1.57. The summed E-state index contributed by atoms with van der Waals surface area (Å²) in [5.41, 5.74) is 0.271. The Bertz CT molecular complexity index is 513. The van der Waals surface area contributed by atoms with Crippen molar-refractivity contribution in [2.75, 3.05) is 26.8 Å². The van der Waals surface area contributed by atoms with Crippen LogP contribution in [-0.2, 0) is 4.79 Å². The fourth-order valence-corrected chi connectivity index (χ4v) is 2.56. The summed E-state index contributed by atoms with van der Waals surface area (Å²) in [6, 6.07) is 5.58. The fourth-order valence-electron chi connectivity index (χ4n) is 2.56. The largest absolute Gasteiger partial charge is 0.493 e. The van der Waals surface area contributed by atoms with Gasteiger partial charge in [-0.15, -0.1) is 0 Å². The number of likely N-dealkylation sites (tertiary alicyclic amines) is 1. The number of nitrogens with zero attached hydrogens (tertiary/aromatic N) is 1. The van der Waals surface area contributed by atoms with Gasteiger partial charge >= 0.3 is 0 Å². The second kappa shape index (κ2) is 6.35. The Hall–Kier alpha value is -1.75. The van der Waals surface area contributed by atoms with Gasteiger partial charge in [-0.25, -0.2) is 0 Å². The molecule has 0 aromatic heterocycles. The van der Waals surface area contributed by atoms with Crippen LogP contribution < -0.4 is 9.47 Å². The van der Waals surface area contributed by atoms with E-state index in [2.05, 4.69) is 0 Å². The summed E-state index contributed by atoms with van der Waals surface area (Å²) < 4.78 is 10.8. The van der Waals surface area contributed by atoms with Gasteiger partial charge in [-0.05, 0) is 44.4 Å². The van der Waals surface area contributed by atoms with Gasteiger partial charge in [-0.1, -0.05) is 6.07 Å². The van der Waals surface area contributed by atoms with Gasteiger partial charge in [0.25, 0.3) is 5.91 Å². The molecule has 1 aliphatic heterocycles. The van der Waals surface area contributed by atoms with Gasteiger partial charge in [-0.3, -0.25) is 4.79 Å². The van der Waals surface area contributed by atoms with E-state index in [4.69, 9.17) is 9.47 Å². The molecule has 0 saturated carbocycles. The molecular weight excluding hydrogens is 270 g/mol. The quantitative estimate of drug-likeness (QED) is 0.919. The molecule has 21 heavy (non-hydrogen) atoms. The maximum absolute atomic E-state index is 12.2. The van der Waals surface area contributed by atoms with Crippen LogP contribution in [0, 0.1) is 6.92 Å². The highest BCUT2D eigenvalue weighted by atomic mass is 16.5. The lowest BCUT2D eigenvalue weighted by atomic mass is 9.95. The number of rotatable bonds is 4. The Morgan fingerprint density at radius 3 is 2.86 bits per heavy atom. The highest BCUT2D eigenvalue weighted by Gasteiger charge is 2.31. The zero-order chi connectivity index (χ0) is 15.5. The molecule has 1 atom stereocenters. The minimum Gasteiger partial charge on any atom is -0.493 e. The summed E-state index contributed by atoms with van der Waals surface area (Å²) in [6.45, 7) is 4.71. The fraction of sp³-hybridized carbons (Fsp3) is 0.562. The lowest BCUT2D eigenvalue weighted by molar-refractivity contribution is -0.139. The van der Waals surface area contributed by atoms with Crippen LogP contribution in [0.3, 0.4) is 0 Å². The molecule has 1 heterocycles. The van der Waals surface area contributed by atoms with Crippen LogP contribution in [0.4, 0.5) is 0 Å². The molecule has 1 amide bonds. The van der Waals surface area contributed by atoms with Gasteiger partial charge < -0.3 is 19.5 Å². The van der Waals surface area contributed by atoms with E-state index in [9.17, 15) is 9.90 Å². The van der Waals surface area contributed by atoms with E-state index >= 15 is 0 Å². The smallest absolute Gasteiger partial charge is 0.260 e. The number of piperidine rings is 1. The monoisotopic (exact) mass is 293 g/mol. The van der Waals surface area contributed by atoms with Crippen LogP contribution in [0.15, 0.2) is 18.2 Å². The Kier molecular flexibility index (Phi) is 4.73. The number of carbonyl (C=O) groups excluding carboxylic acids is 1. The second-order valence-electron chi connectivity index (χ2n) is 5.86. The molecule has 0 spiro atoms. The van der Waals surface area contributed by atoms with Crippen LogP contribution in [0.5, 0.6) is 11.5 Å². The lowest BCUT2D eigenvalue weighted by Crippen LogP contribution is -2.49. The minimum absolute atomic E-state index is 0.0461. The van der Waals surface area contributed by atoms with E-state index in [1.54, 1.807) is 25.0 Å². The highest BCUT2D eigenvalue weighted by Crippen LogP contribution is 2.28. The van der Waals surface area contributed by atoms with Crippen LogP contribution in [0.1, 0.15) is 25.3 Å². The molecule has 0 bridgehead atoms. The van der Waals surface area contributed by atoms with Crippen molar-refractivity contribution in [3.05, 3.63) is 23.8 Å². The van der Waals surface area contributed by atoms with Crippen molar-refractivity contribution in [2.45, 2.75) is 32.3 Å². The van der Waals surface area contributed by atoms with E-state index < -0.39 is 5.60 Å². The normalized spacial score (nSPS) is 22.0. The van der Waals surface area contributed by atoms with Crippen molar-refractivity contribution in [1.29, 1.82) is 0 Å². The summed E-state index contributed by atoms with van der Waals surface area (Å²) >= 11 is 0. The summed E-state index contributed by atoms with van der Waals surface area (Å²) in [5.74, 6) is 1.06. The summed E-state index contributed by atoms with van der Waals surface area (Å²) in [6.07, 6.45) is 1.54. The first-order valence-electron chi connectivity index (χ1n) is 7.19. The molecule has 1 unspecified atom stereocenters. The molecule has 1 fully saturated rings. The highest BCUT2D eigenvalue weighted by molar-refractivity contribution is 5.78. The van der Waals surface area contributed by atoms with Crippen LogP contribution in [0.25, 0.3) is 0 Å². The molecule has 5 nitrogen and oxygen atoms in total. The average Bonchev–Trinajstić information content (AvgIpc) is 2.44. The van der Waals surface area contributed by atoms with Gasteiger partial charge in [0, 0.05) is 13.1 Å². The molecule has 1 aromatic rings. The van der Waals surface area contributed by atoms with Crippen molar-refractivity contribution < 1.29 is 19.4 Å². The number of benzene rings is 1. The number of carbonyl (C=O) groups is 1. The molecule has 1 aliphatic rings. The van der Waals surface area contributed by atoms with Crippen LogP contribution in [-0.4, -0.2) is 48.3 Å². The molecule has 0 aliphatic carbocycles. The Balaban J connectivity index is 1.95. The Morgan fingerprint density at radius 1 is 1.43 bits per heavy atom. The molecular formula is C16H23NO4. The SMILES string of the molecule is COc1cc(C)ccc1OCC(=O)N1CCCC(C)(O)C1. The van der Waals surface area contributed by atoms with Crippen molar-refractivity contribution >= 4 is 5.91 Å². The van der Waals surface area contributed by atoms with Crippen molar-refractivity contribution in [3.8, 4) is 11.5 Å². The first kappa shape index (κ1) is 15.6. The maximum atomic E-state index is 12.2. The van der Waals surface area contributed by atoms with Gasteiger partial charge in [0.2, 0.25) is 0 Å². The number of amides is 1. The van der Waals surface area contributed by atoms with Gasteiger partial charge in [0.15, 0.2) is 18.1 Å². The van der Waals surface area contributed by atoms with E-state index in [1.165, 1.54) is 0 Å². The van der Waals surface area contributed by atoms with Crippen molar-refractivity contribution in [1.82, 2.24) is 4.90 Å². The number of methoxy groups -OCH3 is 1. The molecule has 116 valence electrons. The first-order valence-corrected chi connectivity index (χ1v) is 7.19. The molecule has 1 N–H and O–H groups in total. The molecule has 1 aromatic carbocycles. The number of aryl methyl sites for hydroxylation is 1. The minimum atomic E-state index is -0.796. The maximum Gasteiger partial charge on any atom is 0.260 e. The number of aliphatic hydroxyl groups is 1. The van der Waals surface area contributed by atoms with Gasteiger partial charge in [-0.2, -0.15) is 0 Å². The number of β-amino-alcohol motifs (C(OH)–C–C–N with tert-alkyl or cyclic N) is 1. The number of hydrogen-bond donors (Lipinski definition) is 1. The van der Waals surface area contributed by atoms with E-state index in [1.807, 2.05) is 19.1 Å². The zero-order valence-corrected chi connectivity index (χ0v) is 12.9. The topological polar surface area (TPSA) is 59.0 Å². The van der Waals surface area contributed by atoms with Crippen LogP contribution in [0.2, 0.25) is 0 Å². The third-order valence-electron chi connectivity index (χ3n) is 3.70. The number of ether oxygens (including phenoxy) is 2. The van der Waals surface area contributed by atoms with Gasteiger partial charge in [0.1, 0.15) is 0 Å². The lowest BCUT2D eigenvalue weighted by Gasteiger charge is -2.36. The predicted octanol–water partition coefficient (Wildman–Crippen LogP) is 1.76. The first-order chi connectivity index (χ1) is 9.91. The van der Waals surface area contributed by atoms with E-state index in [0.717, 1.165) is 18.4 Å². The van der Waals surface area contributed by atoms with E-state index in [-0.39, 0.29) is 12.5 Å². The average molecular weight is 293 g/mol. The van der Waals surface area contributed by atoms with Crippen LogP contribution >= 0.6 is 0 Å². The molecule has 2 rings (SSSR count).